The summed E-state index contributed by atoms with van der Waals surface area (Å²) in [6.07, 6.45) is 0. The van der Waals surface area contributed by atoms with E-state index in [0.717, 1.165) is 18.8 Å². The number of benzene rings is 1. The van der Waals surface area contributed by atoms with E-state index in [0.29, 0.717) is 23.4 Å². The van der Waals surface area contributed by atoms with Crippen molar-refractivity contribution < 1.29 is 14.6 Å². The van der Waals surface area contributed by atoms with Crippen LogP contribution < -0.4 is 10.1 Å². The smallest absolute Gasteiger partial charge is 0.162 e. The van der Waals surface area contributed by atoms with E-state index < -0.39 is 0 Å². The third kappa shape index (κ3) is 2.40. The minimum atomic E-state index is 0.139. The lowest BCUT2D eigenvalue weighted by molar-refractivity contribution is -0.00585. The standard InChI is InChI=1S/C11H14ClNO3/c1-15-10-3-8(12)2-7(11(10)14)4-13-9-5-16-6-9/h2-3,9,13-14H,4-6H2,1H3. The SMILES string of the molecule is COc1cc(Cl)cc(CNC2COC2)c1O. The van der Waals surface area contributed by atoms with Crippen LogP contribution in [0.2, 0.25) is 5.02 Å². The van der Waals surface area contributed by atoms with Crippen molar-refractivity contribution >= 4 is 11.6 Å². The fourth-order valence-electron chi connectivity index (χ4n) is 1.53. The van der Waals surface area contributed by atoms with Crippen LogP contribution in [0, 0.1) is 0 Å². The number of hydrogen-bond donors (Lipinski definition) is 2. The van der Waals surface area contributed by atoms with Crippen LogP contribution in [-0.2, 0) is 11.3 Å². The molecule has 0 atom stereocenters. The van der Waals surface area contributed by atoms with E-state index in [9.17, 15) is 5.11 Å². The Kier molecular flexibility index (Phi) is 3.53. The van der Waals surface area contributed by atoms with Crippen molar-refractivity contribution in [3.63, 3.8) is 0 Å². The molecule has 1 aliphatic heterocycles. The Bertz CT molecular complexity index is 380. The average Bonchev–Trinajstić information content (AvgIpc) is 2.20. The van der Waals surface area contributed by atoms with E-state index in [1.54, 1.807) is 12.1 Å². The average molecular weight is 244 g/mol. The largest absolute Gasteiger partial charge is 0.504 e. The molecule has 1 saturated heterocycles. The van der Waals surface area contributed by atoms with Crippen molar-refractivity contribution in [1.29, 1.82) is 0 Å². The van der Waals surface area contributed by atoms with Gasteiger partial charge < -0.3 is 19.9 Å². The van der Waals surface area contributed by atoms with Crippen molar-refractivity contribution in [1.82, 2.24) is 5.32 Å². The third-order valence-electron chi connectivity index (χ3n) is 2.56. The lowest BCUT2D eigenvalue weighted by atomic mass is 10.1. The molecule has 0 bridgehead atoms. The quantitative estimate of drug-likeness (QED) is 0.843. The minimum absolute atomic E-state index is 0.139. The molecule has 2 rings (SSSR count). The molecule has 1 aromatic rings. The molecule has 0 aliphatic carbocycles. The van der Waals surface area contributed by atoms with Crippen molar-refractivity contribution in [2.75, 3.05) is 20.3 Å². The van der Waals surface area contributed by atoms with Crippen molar-refractivity contribution in [3.8, 4) is 11.5 Å². The Hall–Kier alpha value is -0.970. The van der Waals surface area contributed by atoms with Gasteiger partial charge in [-0.25, -0.2) is 0 Å². The molecule has 5 heteroatoms. The summed E-state index contributed by atoms with van der Waals surface area (Å²) in [4.78, 5) is 0. The fourth-order valence-corrected chi connectivity index (χ4v) is 1.76. The Morgan fingerprint density at radius 2 is 2.31 bits per heavy atom. The van der Waals surface area contributed by atoms with Crippen LogP contribution in [0.15, 0.2) is 12.1 Å². The molecule has 1 fully saturated rings. The first-order chi connectivity index (χ1) is 7.70. The zero-order chi connectivity index (χ0) is 11.5. The Morgan fingerprint density at radius 3 is 2.88 bits per heavy atom. The number of phenols is 1. The van der Waals surface area contributed by atoms with Gasteiger partial charge in [0.2, 0.25) is 0 Å². The van der Waals surface area contributed by atoms with E-state index in [-0.39, 0.29) is 5.75 Å². The monoisotopic (exact) mass is 243 g/mol. The summed E-state index contributed by atoms with van der Waals surface area (Å²) in [5.41, 5.74) is 0.733. The molecule has 0 spiro atoms. The zero-order valence-corrected chi connectivity index (χ0v) is 9.75. The lowest BCUT2D eigenvalue weighted by Crippen LogP contribution is -2.45. The number of phenolic OH excluding ortho intramolecular Hbond substituents is 1. The van der Waals surface area contributed by atoms with Crippen LogP contribution in [0.4, 0.5) is 0 Å². The Morgan fingerprint density at radius 1 is 1.56 bits per heavy atom. The summed E-state index contributed by atoms with van der Waals surface area (Å²) >= 11 is 5.92. The molecular weight excluding hydrogens is 230 g/mol. The molecule has 0 saturated carbocycles. The number of nitrogens with one attached hydrogen (secondary N) is 1. The molecule has 16 heavy (non-hydrogen) atoms. The van der Waals surface area contributed by atoms with Crippen LogP contribution in [0.5, 0.6) is 11.5 Å². The third-order valence-corrected chi connectivity index (χ3v) is 2.78. The van der Waals surface area contributed by atoms with Crippen LogP contribution in [-0.4, -0.2) is 31.5 Å². The van der Waals surface area contributed by atoms with Gasteiger partial charge in [0.1, 0.15) is 0 Å². The highest BCUT2D eigenvalue weighted by atomic mass is 35.5. The van der Waals surface area contributed by atoms with Gasteiger partial charge in [-0.1, -0.05) is 11.6 Å². The van der Waals surface area contributed by atoms with Gasteiger partial charge in [-0.3, -0.25) is 0 Å². The fraction of sp³-hybridized carbons (Fsp3) is 0.455. The second kappa shape index (κ2) is 4.91. The first-order valence-corrected chi connectivity index (χ1v) is 5.45. The lowest BCUT2D eigenvalue weighted by Gasteiger charge is -2.27. The number of ether oxygens (including phenoxy) is 2. The predicted molar refractivity (Wildman–Crippen MR) is 61.1 cm³/mol. The van der Waals surface area contributed by atoms with Crippen molar-refractivity contribution in [2.45, 2.75) is 12.6 Å². The van der Waals surface area contributed by atoms with Gasteiger partial charge in [0.25, 0.3) is 0 Å². The minimum Gasteiger partial charge on any atom is -0.504 e. The number of hydrogen-bond acceptors (Lipinski definition) is 4. The highest BCUT2D eigenvalue weighted by Gasteiger charge is 2.18. The molecule has 2 N–H and O–H groups in total. The summed E-state index contributed by atoms with van der Waals surface area (Å²) in [7, 11) is 1.50. The van der Waals surface area contributed by atoms with Crippen molar-refractivity contribution in [3.05, 3.63) is 22.7 Å². The Balaban J connectivity index is 2.08. The van der Waals surface area contributed by atoms with Gasteiger partial charge in [-0.2, -0.15) is 0 Å². The van der Waals surface area contributed by atoms with E-state index in [1.165, 1.54) is 7.11 Å². The molecule has 1 heterocycles. The van der Waals surface area contributed by atoms with Crippen molar-refractivity contribution in [2.24, 2.45) is 0 Å². The van der Waals surface area contributed by atoms with Crippen LogP contribution in [0.1, 0.15) is 5.56 Å². The summed E-state index contributed by atoms with van der Waals surface area (Å²) in [6, 6.07) is 3.68. The van der Waals surface area contributed by atoms with Crippen LogP contribution >= 0.6 is 11.6 Å². The van der Waals surface area contributed by atoms with E-state index >= 15 is 0 Å². The van der Waals surface area contributed by atoms with E-state index in [1.807, 2.05) is 0 Å². The molecule has 0 radical (unpaired) electrons. The summed E-state index contributed by atoms with van der Waals surface area (Å²) in [6.45, 7) is 1.99. The van der Waals surface area contributed by atoms with Crippen LogP contribution in [0.3, 0.4) is 0 Å². The summed E-state index contributed by atoms with van der Waals surface area (Å²) in [5, 5.41) is 13.7. The van der Waals surface area contributed by atoms with Gasteiger partial charge in [-0.15, -0.1) is 0 Å². The van der Waals surface area contributed by atoms with Gasteiger partial charge in [-0.05, 0) is 6.07 Å². The summed E-state index contributed by atoms with van der Waals surface area (Å²) in [5.74, 6) is 0.536. The number of rotatable bonds is 4. The molecule has 1 aliphatic rings. The number of methoxy groups -OCH3 is 1. The molecule has 0 amide bonds. The maximum absolute atomic E-state index is 9.86. The molecular formula is C11H14ClNO3. The highest BCUT2D eigenvalue weighted by Crippen LogP contribution is 2.33. The number of aromatic hydroxyl groups is 1. The molecule has 1 aromatic carbocycles. The molecule has 0 unspecified atom stereocenters. The topological polar surface area (TPSA) is 50.7 Å². The van der Waals surface area contributed by atoms with Gasteiger partial charge >= 0.3 is 0 Å². The predicted octanol–water partition coefficient (Wildman–Crippen LogP) is 1.54. The maximum atomic E-state index is 9.86. The summed E-state index contributed by atoms with van der Waals surface area (Å²) < 4.78 is 10.1. The molecule has 4 nitrogen and oxygen atoms in total. The zero-order valence-electron chi connectivity index (χ0n) is 9.00. The normalized spacial score (nSPS) is 15.9. The van der Waals surface area contributed by atoms with Crippen LogP contribution in [0.25, 0.3) is 0 Å². The first kappa shape index (κ1) is 11.5. The first-order valence-electron chi connectivity index (χ1n) is 5.07. The van der Waals surface area contributed by atoms with E-state index in [4.69, 9.17) is 21.1 Å². The maximum Gasteiger partial charge on any atom is 0.162 e. The molecule has 88 valence electrons. The molecule has 0 aromatic heterocycles. The van der Waals surface area contributed by atoms with Gasteiger partial charge in [0.15, 0.2) is 11.5 Å². The Labute approximate surface area is 99.1 Å². The van der Waals surface area contributed by atoms with Gasteiger partial charge in [0, 0.05) is 23.2 Å². The highest BCUT2D eigenvalue weighted by molar-refractivity contribution is 6.30. The second-order valence-electron chi connectivity index (χ2n) is 3.73. The second-order valence-corrected chi connectivity index (χ2v) is 4.17. The van der Waals surface area contributed by atoms with Gasteiger partial charge in [0.05, 0.1) is 26.4 Å². The van der Waals surface area contributed by atoms with E-state index in [2.05, 4.69) is 5.32 Å². The number of halogens is 1.